The predicted molar refractivity (Wildman–Crippen MR) is 107 cm³/mol. The van der Waals surface area contributed by atoms with E-state index in [0.717, 1.165) is 12.3 Å². The van der Waals surface area contributed by atoms with Gasteiger partial charge >= 0.3 is 0 Å². The number of nitrogens with one attached hydrogen (secondary N) is 1. The fourth-order valence-electron chi connectivity index (χ4n) is 3.70. The van der Waals surface area contributed by atoms with Crippen LogP contribution in [0.1, 0.15) is 56.9 Å². The molecule has 0 saturated carbocycles. The lowest BCUT2D eigenvalue weighted by atomic mass is 9.85. The van der Waals surface area contributed by atoms with E-state index in [0.29, 0.717) is 5.92 Å². The lowest BCUT2D eigenvalue weighted by molar-refractivity contribution is 0.471. The average molecular weight is 338 g/mol. The second-order valence-electron chi connectivity index (χ2n) is 7.16. The van der Waals surface area contributed by atoms with Gasteiger partial charge in [-0.1, -0.05) is 75.0 Å². The van der Waals surface area contributed by atoms with Crippen molar-refractivity contribution in [3.8, 4) is 5.75 Å². The summed E-state index contributed by atoms with van der Waals surface area (Å²) in [5.74, 6) is 1.54. The molecule has 0 aromatic heterocycles. The Labute approximate surface area is 152 Å². The van der Waals surface area contributed by atoms with Crippen LogP contribution in [0.2, 0.25) is 0 Å². The van der Waals surface area contributed by atoms with Crippen LogP contribution in [0, 0.1) is 5.92 Å². The Morgan fingerprint density at radius 2 is 1.72 bits per heavy atom. The zero-order valence-corrected chi connectivity index (χ0v) is 15.5. The minimum Gasteiger partial charge on any atom is -0.464 e. The van der Waals surface area contributed by atoms with Gasteiger partial charge in [0.05, 0.1) is 6.26 Å². The van der Waals surface area contributed by atoms with Crippen LogP contribution in [0.25, 0.3) is 5.57 Å². The van der Waals surface area contributed by atoms with E-state index in [9.17, 15) is 0 Å². The molecule has 0 spiro atoms. The number of hydrogen-bond acceptors (Lipinski definition) is 2. The quantitative estimate of drug-likeness (QED) is 0.539. The van der Waals surface area contributed by atoms with Gasteiger partial charge in [0.1, 0.15) is 5.75 Å². The molecular weight excluding hydrogens is 306 g/mol. The van der Waals surface area contributed by atoms with Crippen LogP contribution >= 0.6 is 0 Å². The van der Waals surface area contributed by atoms with Gasteiger partial charge in [-0.05, 0) is 44.0 Å². The predicted octanol–water partition coefficient (Wildman–Crippen LogP) is 5.87. The summed E-state index contributed by atoms with van der Waals surface area (Å²) in [5, 5.41) is 3.22. The van der Waals surface area contributed by atoms with Gasteiger partial charge in [0, 0.05) is 11.1 Å². The summed E-state index contributed by atoms with van der Waals surface area (Å²) in [6.07, 6.45) is 19.7. The molecule has 1 N–H and O–H groups in total. The largest absolute Gasteiger partial charge is 0.464 e. The maximum Gasteiger partial charge on any atom is 0.134 e. The summed E-state index contributed by atoms with van der Waals surface area (Å²) in [6.45, 7) is 1.16. The van der Waals surface area contributed by atoms with Crippen molar-refractivity contribution < 1.29 is 4.74 Å². The molecule has 0 radical (unpaired) electrons. The molecule has 1 aliphatic carbocycles. The normalized spacial score (nSPS) is 18.0. The number of ether oxygens (including phenoxy) is 1. The van der Waals surface area contributed by atoms with E-state index in [1.165, 1.54) is 68.1 Å². The van der Waals surface area contributed by atoms with Crippen LogP contribution in [0.4, 0.5) is 0 Å². The highest BCUT2D eigenvalue weighted by Crippen LogP contribution is 2.39. The second-order valence-corrected chi connectivity index (χ2v) is 7.16. The monoisotopic (exact) mass is 337 g/mol. The van der Waals surface area contributed by atoms with Crippen LogP contribution in [0.3, 0.4) is 0 Å². The molecule has 0 bridgehead atoms. The van der Waals surface area contributed by atoms with E-state index in [4.69, 9.17) is 4.74 Å². The number of unbranched alkanes of at least 4 members (excludes halogenated alkanes) is 6. The second kappa shape index (κ2) is 9.62. The lowest BCUT2D eigenvalue weighted by Gasteiger charge is -2.23. The van der Waals surface area contributed by atoms with Crippen molar-refractivity contribution >= 4 is 5.57 Å². The topological polar surface area (TPSA) is 21.3 Å². The van der Waals surface area contributed by atoms with Crippen LogP contribution < -0.4 is 10.1 Å². The standard InChI is InChI=1S/C23H31NO/c1-24-16-10-6-4-2-3-5-7-11-19-14-15-20-18-25-23-13-9-8-12-21(23)22(20)17-19/h8-9,12-15,17-19,24H,2-7,10-11,16H2,1H3. The molecule has 1 atom stereocenters. The Balaban J connectivity index is 1.41. The van der Waals surface area contributed by atoms with Crippen molar-refractivity contribution in [1.82, 2.24) is 5.32 Å². The van der Waals surface area contributed by atoms with Crippen molar-refractivity contribution in [2.24, 2.45) is 5.92 Å². The first-order chi connectivity index (χ1) is 12.4. The number of para-hydroxylation sites is 1. The summed E-state index contributed by atoms with van der Waals surface area (Å²) in [5.41, 5.74) is 3.78. The molecule has 1 aromatic rings. The number of rotatable bonds is 10. The third-order valence-corrected chi connectivity index (χ3v) is 5.17. The fraction of sp³-hybridized carbons (Fsp3) is 0.478. The summed E-state index contributed by atoms with van der Waals surface area (Å²) < 4.78 is 5.73. The molecule has 25 heavy (non-hydrogen) atoms. The fourth-order valence-corrected chi connectivity index (χ4v) is 3.70. The highest BCUT2D eigenvalue weighted by Gasteiger charge is 2.20. The molecule has 3 rings (SSSR count). The van der Waals surface area contributed by atoms with Gasteiger partial charge in [0.15, 0.2) is 0 Å². The highest BCUT2D eigenvalue weighted by atomic mass is 16.5. The maximum atomic E-state index is 5.73. The van der Waals surface area contributed by atoms with E-state index in [1.807, 2.05) is 25.4 Å². The number of fused-ring (bicyclic) bond motifs is 3. The van der Waals surface area contributed by atoms with Gasteiger partial charge in [-0.15, -0.1) is 0 Å². The number of benzene rings is 1. The minimum absolute atomic E-state index is 0.564. The molecule has 2 aliphatic rings. The van der Waals surface area contributed by atoms with Crippen LogP contribution in [-0.2, 0) is 0 Å². The zero-order chi connectivity index (χ0) is 17.3. The van der Waals surface area contributed by atoms with Crippen molar-refractivity contribution in [2.45, 2.75) is 51.4 Å². The molecule has 0 fully saturated rings. The Kier molecular flexibility index (Phi) is 6.93. The molecule has 0 saturated heterocycles. The van der Waals surface area contributed by atoms with Gasteiger partial charge in [-0.2, -0.15) is 0 Å². The summed E-state index contributed by atoms with van der Waals surface area (Å²) in [6, 6.07) is 8.34. The molecule has 1 heterocycles. The maximum absolute atomic E-state index is 5.73. The molecule has 134 valence electrons. The average Bonchev–Trinajstić information content (AvgIpc) is 2.66. The first kappa shape index (κ1) is 18.0. The first-order valence-electron chi connectivity index (χ1n) is 9.90. The summed E-state index contributed by atoms with van der Waals surface area (Å²) in [7, 11) is 2.03. The molecular formula is C23H31NO. The molecule has 1 aliphatic heterocycles. The van der Waals surface area contributed by atoms with Gasteiger partial charge < -0.3 is 10.1 Å². The van der Waals surface area contributed by atoms with E-state index in [2.05, 4.69) is 35.7 Å². The smallest absolute Gasteiger partial charge is 0.134 e. The van der Waals surface area contributed by atoms with Gasteiger partial charge in [0.2, 0.25) is 0 Å². The van der Waals surface area contributed by atoms with Gasteiger partial charge in [0.25, 0.3) is 0 Å². The van der Waals surface area contributed by atoms with Crippen LogP contribution in [0.15, 0.2) is 54.3 Å². The third kappa shape index (κ3) is 5.09. The van der Waals surface area contributed by atoms with Crippen LogP contribution in [0.5, 0.6) is 5.75 Å². The molecule has 1 unspecified atom stereocenters. The summed E-state index contributed by atoms with van der Waals surface area (Å²) in [4.78, 5) is 0. The Bertz CT molecular complexity index is 641. The number of allylic oxidation sites excluding steroid dienone is 5. The van der Waals surface area contributed by atoms with Crippen molar-refractivity contribution in [1.29, 1.82) is 0 Å². The van der Waals surface area contributed by atoms with Crippen LogP contribution in [-0.4, -0.2) is 13.6 Å². The molecule has 2 nitrogen and oxygen atoms in total. The minimum atomic E-state index is 0.564. The highest BCUT2D eigenvalue weighted by molar-refractivity contribution is 5.87. The molecule has 0 amide bonds. The molecule has 1 aromatic carbocycles. The van der Waals surface area contributed by atoms with E-state index >= 15 is 0 Å². The molecule has 2 heteroatoms. The lowest BCUT2D eigenvalue weighted by Crippen LogP contribution is -2.07. The Morgan fingerprint density at radius 3 is 2.56 bits per heavy atom. The third-order valence-electron chi connectivity index (χ3n) is 5.17. The van der Waals surface area contributed by atoms with E-state index in [1.54, 1.807) is 0 Å². The zero-order valence-electron chi connectivity index (χ0n) is 15.5. The van der Waals surface area contributed by atoms with Gasteiger partial charge in [-0.3, -0.25) is 0 Å². The SMILES string of the molecule is CNCCCCCCCCCC1C=CC2=COc3ccccc3C2=C1. The Hall–Kier alpha value is -1.80. The first-order valence-corrected chi connectivity index (χ1v) is 9.90. The van der Waals surface area contributed by atoms with Crippen molar-refractivity contribution in [3.63, 3.8) is 0 Å². The van der Waals surface area contributed by atoms with E-state index in [-0.39, 0.29) is 0 Å². The Morgan fingerprint density at radius 1 is 0.960 bits per heavy atom. The van der Waals surface area contributed by atoms with E-state index < -0.39 is 0 Å². The number of hydrogen-bond donors (Lipinski definition) is 1. The summed E-state index contributed by atoms with van der Waals surface area (Å²) >= 11 is 0. The van der Waals surface area contributed by atoms with Gasteiger partial charge in [-0.25, -0.2) is 0 Å². The van der Waals surface area contributed by atoms with Crippen molar-refractivity contribution in [2.75, 3.05) is 13.6 Å². The van der Waals surface area contributed by atoms with Crippen molar-refractivity contribution in [3.05, 3.63) is 59.9 Å².